The molecule has 0 radical (unpaired) electrons. The summed E-state index contributed by atoms with van der Waals surface area (Å²) < 4.78 is 7.14. The molecule has 27 heavy (non-hydrogen) atoms. The molecule has 4 atom stereocenters. The molecule has 0 spiro atoms. The Morgan fingerprint density at radius 3 is 2.70 bits per heavy atom. The zero-order valence-corrected chi connectivity index (χ0v) is 15.5. The lowest BCUT2D eigenvalue weighted by molar-refractivity contribution is 0.0297. The van der Waals surface area contributed by atoms with Gasteiger partial charge in [-0.15, -0.1) is 0 Å². The van der Waals surface area contributed by atoms with Gasteiger partial charge < -0.3 is 25.2 Å². The van der Waals surface area contributed by atoms with Gasteiger partial charge in [-0.3, -0.25) is 4.68 Å². The first-order valence-electron chi connectivity index (χ1n) is 9.47. The van der Waals surface area contributed by atoms with Gasteiger partial charge >= 0.3 is 0 Å². The number of anilines is 1. The molecule has 8 heteroatoms. The van der Waals surface area contributed by atoms with E-state index in [1.807, 2.05) is 25.5 Å². The van der Waals surface area contributed by atoms with Crippen molar-refractivity contribution in [3.8, 4) is 0 Å². The van der Waals surface area contributed by atoms with Crippen molar-refractivity contribution in [3.05, 3.63) is 41.9 Å². The molecule has 8 nitrogen and oxygen atoms in total. The predicted octanol–water partition coefficient (Wildman–Crippen LogP) is 0.0192. The number of morpholine rings is 1. The maximum atomic E-state index is 10.5. The molecule has 2 aliphatic rings. The summed E-state index contributed by atoms with van der Waals surface area (Å²) in [7, 11) is 1.88. The quantitative estimate of drug-likeness (QED) is 0.680. The van der Waals surface area contributed by atoms with E-state index in [-0.39, 0.29) is 12.0 Å². The van der Waals surface area contributed by atoms with Crippen LogP contribution in [0.5, 0.6) is 0 Å². The Morgan fingerprint density at radius 2 is 2.04 bits per heavy atom. The lowest BCUT2D eigenvalue weighted by Gasteiger charge is -2.28. The number of ether oxygens (including phenoxy) is 1. The van der Waals surface area contributed by atoms with Crippen molar-refractivity contribution in [2.75, 3.05) is 31.2 Å². The van der Waals surface area contributed by atoms with Crippen molar-refractivity contribution in [1.82, 2.24) is 20.1 Å². The molecular weight excluding hydrogens is 346 g/mol. The minimum Gasteiger partial charge on any atom is -0.390 e. The minimum atomic E-state index is -0.800. The molecule has 2 aromatic heterocycles. The summed E-state index contributed by atoms with van der Waals surface area (Å²) in [4.78, 5) is 6.83. The molecule has 1 aliphatic carbocycles. The standard InChI is InChI=1S/C19H27N5O3/c1-23-12-13(10-22-23)9-21-18-15(8-16(25)19(18)26)14-2-3-17(20-11-14)24-4-6-27-7-5-24/h2-3,10-12,15-16,18-19,21,25-26H,4-9H2,1H3. The van der Waals surface area contributed by atoms with Crippen LogP contribution in [0.1, 0.15) is 23.5 Å². The number of aromatic nitrogens is 3. The highest BCUT2D eigenvalue weighted by Gasteiger charge is 2.42. The first-order chi connectivity index (χ1) is 13.1. The Bertz CT molecular complexity index is 744. The first-order valence-corrected chi connectivity index (χ1v) is 9.47. The van der Waals surface area contributed by atoms with E-state index in [0.29, 0.717) is 13.0 Å². The van der Waals surface area contributed by atoms with E-state index in [9.17, 15) is 10.2 Å². The van der Waals surface area contributed by atoms with Gasteiger partial charge in [-0.1, -0.05) is 6.07 Å². The molecule has 1 aliphatic heterocycles. The van der Waals surface area contributed by atoms with Crippen LogP contribution in [0.4, 0.5) is 5.82 Å². The van der Waals surface area contributed by atoms with E-state index < -0.39 is 12.2 Å². The van der Waals surface area contributed by atoms with Gasteiger partial charge in [0.05, 0.1) is 31.6 Å². The molecule has 2 fully saturated rings. The predicted molar refractivity (Wildman–Crippen MR) is 100 cm³/mol. The topological polar surface area (TPSA) is 95.7 Å². The van der Waals surface area contributed by atoms with Gasteiger partial charge in [-0.05, 0) is 18.1 Å². The summed E-state index contributed by atoms with van der Waals surface area (Å²) >= 11 is 0. The third-order valence-corrected chi connectivity index (χ3v) is 5.53. The summed E-state index contributed by atoms with van der Waals surface area (Å²) in [5, 5.41) is 28.2. The van der Waals surface area contributed by atoms with Gasteiger partial charge in [0.25, 0.3) is 0 Å². The third kappa shape index (κ3) is 3.98. The third-order valence-electron chi connectivity index (χ3n) is 5.53. The average molecular weight is 373 g/mol. The summed E-state index contributed by atoms with van der Waals surface area (Å²) in [6.07, 6.45) is 4.60. The summed E-state index contributed by atoms with van der Waals surface area (Å²) in [6.45, 7) is 3.75. The molecule has 3 heterocycles. The maximum Gasteiger partial charge on any atom is 0.128 e. The number of hydrogen-bond acceptors (Lipinski definition) is 7. The molecular formula is C19H27N5O3. The molecule has 1 saturated carbocycles. The fraction of sp³-hybridized carbons (Fsp3) is 0.579. The zero-order valence-electron chi connectivity index (χ0n) is 15.5. The summed E-state index contributed by atoms with van der Waals surface area (Å²) in [5.74, 6) is 0.957. The van der Waals surface area contributed by atoms with E-state index in [0.717, 1.165) is 43.2 Å². The van der Waals surface area contributed by atoms with Crippen molar-refractivity contribution >= 4 is 5.82 Å². The van der Waals surface area contributed by atoms with E-state index in [4.69, 9.17) is 4.74 Å². The van der Waals surface area contributed by atoms with Crippen molar-refractivity contribution in [2.24, 2.45) is 7.05 Å². The number of aliphatic hydroxyl groups is 2. The number of hydrogen-bond donors (Lipinski definition) is 3. The molecule has 4 rings (SSSR count). The Hall–Kier alpha value is -2.00. The molecule has 0 amide bonds. The van der Waals surface area contributed by atoms with E-state index in [1.165, 1.54) is 0 Å². The number of nitrogens with zero attached hydrogens (tertiary/aromatic N) is 4. The highest BCUT2D eigenvalue weighted by atomic mass is 16.5. The largest absolute Gasteiger partial charge is 0.390 e. The Morgan fingerprint density at radius 1 is 1.22 bits per heavy atom. The molecule has 2 aromatic rings. The minimum absolute atomic E-state index is 0.0120. The number of aryl methyl sites for hydroxylation is 1. The van der Waals surface area contributed by atoms with Crippen molar-refractivity contribution in [1.29, 1.82) is 0 Å². The van der Waals surface area contributed by atoms with Crippen molar-refractivity contribution in [2.45, 2.75) is 37.1 Å². The summed E-state index contributed by atoms with van der Waals surface area (Å²) in [6, 6.07) is 3.86. The van der Waals surface area contributed by atoms with Crippen molar-refractivity contribution in [3.63, 3.8) is 0 Å². The van der Waals surface area contributed by atoms with Crippen LogP contribution >= 0.6 is 0 Å². The lowest BCUT2D eigenvalue weighted by Crippen LogP contribution is -2.41. The number of aliphatic hydroxyl groups excluding tert-OH is 2. The molecule has 1 saturated heterocycles. The molecule has 146 valence electrons. The highest BCUT2D eigenvalue weighted by molar-refractivity contribution is 5.41. The molecule has 0 bridgehead atoms. The Balaban J connectivity index is 1.46. The van der Waals surface area contributed by atoms with E-state index >= 15 is 0 Å². The molecule has 3 N–H and O–H groups in total. The van der Waals surface area contributed by atoms with E-state index in [2.05, 4.69) is 26.4 Å². The van der Waals surface area contributed by atoms with Crippen molar-refractivity contribution < 1.29 is 14.9 Å². The zero-order chi connectivity index (χ0) is 18.8. The first kappa shape index (κ1) is 18.4. The average Bonchev–Trinajstić information content (AvgIpc) is 3.24. The van der Waals surface area contributed by atoms with Gasteiger partial charge in [0.2, 0.25) is 0 Å². The smallest absolute Gasteiger partial charge is 0.128 e. The van der Waals surface area contributed by atoms with Gasteiger partial charge in [-0.2, -0.15) is 5.10 Å². The van der Waals surface area contributed by atoms with Gasteiger partial charge in [0, 0.05) is 56.6 Å². The Kier molecular flexibility index (Phi) is 5.40. The number of nitrogens with one attached hydrogen (secondary N) is 1. The maximum absolute atomic E-state index is 10.5. The number of rotatable bonds is 5. The van der Waals surface area contributed by atoms with Crippen LogP contribution in [-0.2, 0) is 18.3 Å². The highest BCUT2D eigenvalue weighted by Crippen LogP contribution is 2.35. The van der Waals surface area contributed by atoms with Crippen LogP contribution in [-0.4, -0.2) is 69.5 Å². The molecule has 0 aromatic carbocycles. The number of pyridine rings is 1. The van der Waals surface area contributed by atoms with Crippen LogP contribution in [0.15, 0.2) is 30.7 Å². The normalized spacial score (nSPS) is 28.6. The van der Waals surface area contributed by atoms with Gasteiger partial charge in [-0.25, -0.2) is 4.98 Å². The fourth-order valence-corrected chi connectivity index (χ4v) is 4.03. The summed E-state index contributed by atoms with van der Waals surface area (Å²) in [5.41, 5.74) is 2.08. The lowest BCUT2D eigenvalue weighted by atomic mass is 9.94. The fourth-order valence-electron chi connectivity index (χ4n) is 4.03. The second kappa shape index (κ2) is 7.93. The Labute approximate surface area is 158 Å². The second-order valence-electron chi connectivity index (χ2n) is 7.38. The van der Waals surface area contributed by atoms with E-state index in [1.54, 1.807) is 10.9 Å². The molecule has 4 unspecified atom stereocenters. The second-order valence-corrected chi connectivity index (χ2v) is 7.38. The van der Waals surface area contributed by atoms with Gasteiger partial charge in [0.15, 0.2) is 0 Å². The van der Waals surface area contributed by atoms with Crippen LogP contribution in [0, 0.1) is 0 Å². The van der Waals surface area contributed by atoms with Crippen LogP contribution in [0.3, 0.4) is 0 Å². The van der Waals surface area contributed by atoms with Crippen LogP contribution in [0.25, 0.3) is 0 Å². The van der Waals surface area contributed by atoms with Gasteiger partial charge in [0.1, 0.15) is 5.82 Å². The van der Waals surface area contributed by atoms with Crippen LogP contribution < -0.4 is 10.2 Å². The monoisotopic (exact) mass is 373 g/mol. The van der Waals surface area contributed by atoms with Crippen LogP contribution in [0.2, 0.25) is 0 Å². The SMILES string of the molecule is Cn1cc(CNC2C(c3ccc(N4CCOCC4)nc3)CC(O)C2O)cn1.